The van der Waals surface area contributed by atoms with Gasteiger partial charge in [-0.25, -0.2) is 0 Å². The van der Waals surface area contributed by atoms with E-state index < -0.39 is 0 Å². The summed E-state index contributed by atoms with van der Waals surface area (Å²) in [4.78, 5) is 0. The normalized spacial score (nSPS) is 35.6. The lowest BCUT2D eigenvalue weighted by atomic mass is 9.77. The van der Waals surface area contributed by atoms with E-state index in [1.807, 2.05) is 0 Å². The maximum Gasteiger partial charge on any atom is 0.0406 e. The molecule has 1 N–H and O–H groups in total. The van der Waals surface area contributed by atoms with Crippen LogP contribution in [0.15, 0.2) is 0 Å². The first-order chi connectivity index (χ1) is 6.62. The largest absolute Gasteiger partial charge is 0.308 e. The van der Waals surface area contributed by atoms with Crippen LogP contribution in [0.5, 0.6) is 0 Å². The Kier molecular flexibility index (Phi) is 4.72. The van der Waals surface area contributed by atoms with Gasteiger partial charge in [0.25, 0.3) is 0 Å². The maximum atomic E-state index is 6.14. The average molecular weight is 218 g/mol. The number of hydrogen-bond donors (Lipinski definition) is 1. The summed E-state index contributed by atoms with van der Waals surface area (Å²) in [7, 11) is 0. The van der Waals surface area contributed by atoms with E-state index in [0.717, 1.165) is 11.8 Å². The molecule has 1 rings (SSSR count). The predicted molar refractivity (Wildman–Crippen MR) is 64.0 cm³/mol. The maximum absolute atomic E-state index is 6.14. The molecule has 14 heavy (non-hydrogen) atoms. The Bertz CT molecular complexity index is 172. The van der Waals surface area contributed by atoms with Crippen molar-refractivity contribution in [3.8, 4) is 0 Å². The molecule has 1 aliphatic carbocycles. The summed E-state index contributed by atoms with van der Waals surface area (Å²) >= 11 is 6.14. The van der Waals surface area contributed by atoms with E-state index in [2.05, 4.69) is 26.1 Å². The van der Waals surface area contributed by atoms with Gasteiger partial charge in [0.1, 0.15) is 0 Å². The Labute approximate surface area is 93.6 Å². The molecular weight excluding hydrogens is 194 g/mol. The Balaban J connectivity index is 2.55. The van der Waals surface area contributed by atoms with Crippen LogP contribution in [-0.4, -0.2) is 17.5 Å². The summed E-state index contributed by atoms with van der Waals surface area (Å²) in [6.07, 6.45) is 6.40. The van der Waals surface area contributed by atoms with E-state index in [0.29, 0.717) is 6.04 Å². The lowest BCUT2D eigenvalue weighted by molar-refractivity contribution is 0.192. The molecule has 0 amide bonds. The van der Waals surface area contributed by atoms with Gasteiger partial charge in [0.2, 0.25) is 0 Å². The molecule has 0 aromatic rings. The Morgan fingerprint density at radius 2 is 2.29 bits per heavy atom. The summed E-state index contributed by atoms with van der Waals surface area (Å²) in [5.74, 6) is 1.60. The van der Waals surface area contributed by atoms with E-state index >= 15 is 0 Å². The molecule has 0 heterocycles. The Morgan fingerprint density at radius 1 is 1.57 bits per heavy atom. The summed E-state index contributed by atoms with van der Waals surface area (Å²) < 4.78 is 0. The van der Waals surface area contributed by atoms with Crippen LogP contribution < -0.4 is 5.32 Å². The Hall–Kier alpha value is 0.250. The van der Waals surface area contributed by atoms with Crippen molar-refractivity contribution in [2.75, 3.05) is 5.88 Å². The molecule has 3 unspecified atom stereocenters. The van der Waals surface area contributed by atoms with Crippen molar-refractivity contribution in [3.05, 3.63) is 0 Å². The van der Waals surface area contributed by atoms with Crippen LogP contribution in [0.4, 0.5) is 0 Å². The van der Waals surface area contributed by atoms with Crippen LogP contribution in [0.3, 0.4) is 0 Å². The minimum atomic E-state index is 0.231. The predicted octanol–water partition coefficient (Wildman–Crippen LogP) is 3.56. The van der Waals surface area contributed by atoms with Crippen LogP contribution in [0, 0.1) is 5.92 Å². The van der Waals surface area contributed by atoms with Crippen molar-refractivity contribution < 1.29 is 0 Å². The summed E-state index contributed by atoms with van der Waals surface area (Å²) in [6.45, 7) is 6.83. The number of rotatable bonds is 4. The number of nitrogens with one attached hydrogen (secondary N) is 1. The molecule has 0 aromatic heterocycles. The number of hydrogen-bond acceptors (Lipinski definition) is 1. The highest BCUT2D eigenvalue weighted by Crippen LogP contribution is 2.33. The quantitative estimate of drug-likeness (QED) is 0.711. The SMILES string of the molecule is CCC(C)NC1(CCl)CCCC(C)C1. The van der Waals surface area contributed by atoms with Gasteiger partial charge >= 0.3 is 0 Å². The molecule has 1 nitrogen and oxygen atoms in total. The molecule has 0 bridgehead atoms. The molecular formula is C12H24ClN. The van der Waals surface area contributed by atoms with Crippen LogP contribution >= 0.6 is 11.6 Å². The molecule has 0 aliphatic heterocycles. The highest BCUT2D eigenvalue weighted by molar-refractivity contribution is 6.18. The second-order valence-electron chi connectivity index (χ2n) is 5.07. The van der Waals surface area contributed by atoms with Crippen molar-refractivity contribution in [2.45, 2.75) is 64.5 Å². The van der Waals surface area contributed by atoms with E-state index in [-0.39, 0.29) is 5.54 Å². The first kappa shape index (κ1) is 12.3. The summed E-state index contributed by atoms with van der Waals surface area (Å²) in [5.41, 5.74) is 0.231. The lowest BCUT2D eigenvalue weighted by Crippen LogP contribution is -2.53. The van der Waals surface area contributed by atoms with Gasteiger partial charge in [-0.2, -0.15) is 0 Å². The fourth-order valence-electron chi connectivity index (χ4n) is 2.58. The van der Waals surface area contributed by atoms with Crippen LogP contribution in [0.25, 0.3) is 0 Å². The zero-order valence-corrected chi connectivity index (χ0v) is 10.5. The smallest absolute Gasteiger partial charge is 0.0406 e. The standard InChI is InChI=1S/C12H24ClN/c1-4-11(3)14-12(9-13)7-5-6-10(2)8-12/h10-11,14H,4-9H2,1-3H3. The zero-order valence-electron chi connectivity index (χ0n) is 9.78. The van der Waals surface area contributed by atoms with E-state index in [9.17, 15) is 0 Å². The minimum Gasteiger partial charge on any atom is -0.308 e. The van der Waals surface area contributed by atoms with Crippen LogP contribution in [-0.2, 0) is 0 Å². The van der Waals surface area contributed by atoms with Gasteiger partial charge < -0.3 is 5.32 Å². The number of alkyl halides is 1. The highest BCUT2D eigenvalue weighted by Gasteiger charge is 2.34. The van der Waals surface area contributed by atoms with E-state index in [4.69, 9.17) is 11.6 Å². The second-order valence-corrected chi connectivity index (χ2v) is 5.34. The molecule has 0 radical (unpaired) electrons. The van der Waals surface area contributed by atoms with Gasteiger partial charge in [-0.15, -0.1) is 11.6 Å². The van der Waals surface area contributed by atoms with Gasteiger partial charge in [-0.3, -0.25) is 0 Å². The molecule has 1 saturated carbocycles. The van der Waals surface area contributed by atoms with Crippen LogP contribution in [0.1, 0.15) is 52.9 Å². The van der Waals surface area contributed by atoms with E-state index in [1.165, 1.54) is 32.1 Å². The molecule has 1 fully saturated rings. The zero-order chi connectivity index (χ0) is 10.6. The summed E-state index contributed by atoms with van der Waals surface area (Å²) in [5, 5.41) is 3.73. The first-order valence-electron chi connectivity index (χ1n) is 5.95. The molecule has 0 spiro atoms. The van der Waals surface area contributed by atoms with Crippen molar-refractivity contribution in [1.29, 1.82) is 0 Å². The van der Waals surface area contributed by atoms with Gasteiger partial charge in [0.15, 0.2) is 0 Å². The monoisotopic (exact) mass is 217 g/mol. The van der Waals surface area contributed by atoms with Crippen molar-refractivity contribution >= 4 is 11.6 Å². The van der Waals surface area contributed by atoms with Gasteiger partial charge in [0.05, 0.1) is 0 Å². The molecule has 0 aromatic carbocycles. The van der Waals surface area contributed by atoms with Gasteiger partial charge in [0, 0.05) is 17.5 Å². The fourth-order valence-corrected chi connectivity index (χ4v) is 2.90. The third-order valence-corrected chi connectivity index (χ3v) is 4.02. The third-order valence-electron chi connectivity index (χ3n) is 3.51. The van der Waals surface area contributed by atoms with Gasteiger partial charge in [-0.1, -0.05) is 26.7 Å². The summed E-state index contributed by atoms with van der Waals surface area (Å²) in [6, 6.07) is 0.596. The highest BCUT2D eigenvalue weighted by atomic mass is 35.5. The van der Waals surface area contributed by atoms with Crippen LogP contribution in [0.2, 0.25) is 0 Å². The minimum absolute atomic E-state index is 0.231. The molecule has 2 heteroatoms. The van der Waals surface area contributed by atoms with Crippen molar-refractivity contribution in [1.82, 2.24) is 5.32 Å². The third kappa shape index (κ3) is 3.13. The Morgan fingerprint density at radius 3 is 2.79 bits per heavy atom. The van der Waals surface area contributed by atoms with E-state index in [1.54, 1.807) is 0 Å². The second kappa shape index (κ2) is 5.37. The van der Waals surface area contributed by atoms with Crippen molar-refractivity contribution in [2.24, 2.45) is 5.92 Å². The van der Waals surface area contributed by atoms with Crippen molar-refractivity contribution in [3.63, 3.8) is 0 Å². The molecule has 1 aliphatic rings. The average Bonchev–Trinajstić information content (AvgIpc) is 2.17. The lowest BCUT2D eigenvalue weighted by Gasteiger charge is -2.41. The molecule has 84 valence electrons. The molecule has 0 saturated heterocycles. The fraction of sp³-hybridized carbons (Fsp3) is 1.00. The first-order valence-corrected chi connectivity index (χ1v) is 6.49. The van der Waals surface area contributed by atoms with Gasteiger partial charge in [-0.05, 0) is 32.1 Å². The molecule has 3 atom stereocenters. The topological polar surface area (TPSA) is 12.0 Å². The number of halogens is 1.